The maximum atomic E-state index is 12.5. The van der Waals surface area contributed by atoms with Crippen LogP contribution in [-0.4, -0.2) is 12.6 Å². The highest BCUT2D eigenvalue weighted by atomic mass is 32.2. The molecule has 0 saturated heterocycles. The number of aryl methyl sites for hydroxylation is 2. The molecular formula is C32H33O3S+. The Balaban J connectivity index is 1.47. The number of carbonyl (C=O) groups is 1. The van der Waals surface area contributed by atoms with Gasteiger partial charge < -0.3 is 9.47 Å². The summed E-state index contributed by atoms with van der Waals surface area (Å²) < 4.78 is 11.9. The highest BCUT2D eigenvalue weighted by Crippen LogP contribution is 2.35. The van der Waals surface area contributed by atoms with Gasteiger partial charge in [-0.15, -0.1) is 0 Å². The second-order valence-corrected chi connectivity index (χ2v) is 11.3. The normalized spacial score (nSPS) is 11.4. The number of rotatable bonds is 9. The van der Waals surface area contributed by atoms with Crippen molar-refractivity contribution in [3.63, 3.8) is 0 Å². The summed E-state index contributed by atoms with van der Waals surface area (Å²) in [6.45, 7) is 8.23. The van der Waals surface area contributed by atoms with Crippen LogP contribution in [0.25, 0.3) is 0 Å². The van der Waals surface area contributed by atoms with Gasteiger partial charge in [-0.1, -0.05) is 66.7 Å². The van der Waals surface area contributed by atoms with E-state index in [0.29, 0.717) is 0 Å². The Bertz CT molecular complexity index is 1220. The molecule has 4 heteroatoms. The van der Waals surface area contributed by atoms with Crippen LogP contribution in [0.5, 0.6) is 5.75 Å². The molecular weight excluding hydrogens is 464 g/mol. The van der Waals surface area contributed by atoms with Crippen molar-refractivity contribution in [1.29, 1.82) is 0 Å². The molecule has 0 aliphatic rings. The van der Waals surface area contributed by atoms with Crippen molar-refractivity contribution in [3.8, 4) is 5.75 Å². The first kappa shape index (κ1) is 25.6. The molecule has 4 rings (SSSR count). The Morgan fingerprint density at radius 1 is 0.722 bits per heavy atom. The number of esters is 1. The molecule has 0 aromatic heterocycles. The number of ether oxygens (including phenoxy) is 2. The van der Waals surface area contributed by atoms with Crippen LogP contribution in [0.1, 0.15) is 37.0 Å². The molecule has 36 heavy (non-hydrogen) atoms. The van der Waals surface area contributed by atoms with Gasteiger partial charge in [0.25, 0.3) is 0 Å². The van der Waals surface area contributed by atoms with E-state index in [1.165, 1.54) is 14.7 Å². The fraction of sp³-hybridized carbons (Fsp3) is 0.219. The zero-order valence-electron chi connectivity index (χ0n) is 21.4. The van der Waals surface area contributed by atoms with Gasteiger partial charge >= 0.3 is 5.97 Å². The van der Waals surface area contributed by atoms with E-state index in [1.54, 1.807) is 0 Å². The van der Waals surface area contributed by atoms with Gasteiger partial charge in [-0.2, -0.15) is 0 Å². The summed E-state index contributed by atoms with van der Waals surface area (Å²) in [6.07, 6.45) is 0.190. The average molecular weight is 498 g/mol. The molecule has 3 nitrogen and oxygen atoms in total. The zero-order chi connectivity index (χ0) is 25.5. The quantitative estimate of drug-likeness (QED) is 0.176. The predicted molar refractivity (Wildman–Crippen MR) is 147 cm³/mol. The third kappa shape index (κ3) is 6.19. The lowest BCUT2D eigenvalue weighted by molar-refractivity contribution is -0.158. The van der Waals surface area contributed by atoms with Gasteiger partial charge in [0.15, 0.2) is 14.7 Å². The van der Waals surface area contributed by atoms with Crippen LogP contribution in [0.3, 0.4) is 0 Å². The van der Waals surface area contributed by atoms with Crippen LogP contribution in [0.15, 0.2) is 118 Å². The smallest absolute Gasteiger partial charge is 0.310 e. The van der Waals surface area contributed by atoms with Gasteiger partial charge in [-0.3, -0.25) is 4.79 Å². The Labute approximate surface area is 217 Å². The minimum absolute atomic E-state index is 0.190. The van der Waals surface area contributed by atoms with Gasteiger partial charge in [0.05, 0.1) is 23.9 Å². The minimum atomic E-state index is -0.684. The number of carbonyl (C=O) groups excluding carboxylic acids is 1. The fourth-order valence-corrected chi connectivity index (χ4v) is 6.51. The number of hydrogen-bond acceptors (Lipinski definition) is 3. The standard InChI is InChI=1S/C32H33O3S/c1-24-22-29(36(27-16-10-6-11-17-27)28-18-12-7-13-19-28)23-25(2)31(24)34-21-20-30(33)35-32(3,4)26-14-8-5-9-15-26/h5-19,22-23H,20-21H2,1-4H3/q+1. The van der Waals surface area contributed by atoms with E-state index in [4.69, 9.17) is 9.47 Å². The van der Waals surface area contributed by atoms with Crippen molar-refractivity contribution in [2.24, 2.45) is 0 Å². The first-order valence-electron chi connectivity index (χ1n) is 12.2. The van der Waals surface area contributed by atoms with E-state index in [1.807, 2.05) is 44.2 Å². The van der Waals surface area contributed by atoms with Gasteiger partial charge in [0.2, 0.25) is 0 Å². The van der Waals surface area contributed by atoms with E-state index in [2.05, 4.69) is 86.6 Å². The lowest BCUT2D eigenvalue weighted by atomic mass is 9.98. The molecule has 0 bridgehead atoms. The molecule has 0 N–H and O–H groups in total. The molecule has 0 unspecified atom stereocenters. The van der Waals surface area contributed by atoms with Crippen molar-refractivity contribution < 1.29 is 14.3 Å². The molecule has 0 saturated carbocycles. The van der Waals surface area contributed by atoms with Crippen molar-refractivity contribution in [2.45, 2.75) is 54.4 Å². The van der Waals surface area contributed by atoms with Gasteiger partial charge in [-0.25, -0.2) is 0 Å². The zero-order valence-corrected chi connectivity index (χ0v) is 22.2. The Hall–Kier alpha value is -3.50. The van der Waals surface area contributed by atoms with E-state index in [-0.39, 0.29) is 29.9 Å². The third-order valence-corrected chi connectivity index (χ3v) is 8.21. The molecule has 184 valence electrons. The van der Waals surface area contributed by atoms with E-state index in [0.717, 1.165) is 22.4 Å². The predicted octanol–water partition coefficient (Wildman–Crippen LogP) is 7.65. The second kappa shape index (κ2) is 11.5. The maximum absolute atomic E-state index is 12.5. The largest absolute Gasteiger partial charge is 0.492 e. The van der Waals surface area contributed by atoms with Crippen LogP contribution >= 0.6 is 0 Å². The average Bonchev–Trinajstić information content (AvgIpc) is 2.87. The van der Waals surface area contributed by atoms with Crippen LogP contribution in [0, 0.1) is 13.8 Å². The minimum Gasteiger partial charge on any atom is -0.492 e. The first-order valence-corrected chi connectivity index (χ1v) is 13.4. The summed E-state index contributed by atoms with van der Waals surface area (Å²) in [4.78, 5) is 16.4. The molecule has 0 amide bonds. The van der Waals surface area contributed by atoms with Gasteiger partial charge in [-0.05, 0) is 68.7 Å². The summed E-state index contributed by atoms with van der Waals surface area (Å²) >= 11 is 0. The molecule has 0 aliphatic heterocycles. The summed E-state index contributed by atoms with van der Waals surface area (Å²) in [6, 6.07) is 35.4. The highest BCUT2D eigenvalue weighted by Gasteiger charge is 2.30. The summed E-state index contributed by atoms with van der Waals surface area (Å²) in [5, 5.41) is 0. The van der Waals surface area contributed by atoms with Gasteiger partial charge in [0, 0.05) is 12.1 Å². The Kier molecular flexibility index (Phi) is 8.17. The van der Waals surface area contributed by atoms with Crippen LogP contribution in [0.4, 0.5) is 0 Å². The molecule has 4 aromatic carbocycles. The number of hydrogen-bond donors (Lipinski definition) is 0. The summed E-state index contributed by atoms with van der Waals surface area (Å²) in [7, 11) is -0.216. The maximum Gasteiger partial charge on any atom is 0.310 e. The molecule has 0 fully saturated rings. The van der Waals surface area contributed by atoms with Crippen LogP contribution < -0.4 is 4.74 Å². The fourth-order valence-electron chi connectivity index (χ4n) is 4.25. The molecule has 0 spiro atoms. The summed E-state index contributed by atoms with van der Waals surface area (Å²) in [5.41, 5.74) is 2.41. The first-order chi connectivity index (χ1) is 17.3. The van der Waals surface area contributed by atoms with E-state index in [9.17, 15) is 4.79 Å². The van der Waals surface area contributed by atoms with Crippen molar-refractivity contribution in [1.82, 2.24) is 0 Å². The van der Waals surface area contributed by atoms with E-state index < -0.39 is 5.60 Å². The van der Waals surface area contributed by atoms with Crippen molar-refractivity contribution in [3.05, 3.63) is 120 Å². The lowest BCUT2D eigenvalue weighted by Crippen LogP contribution is -2.26. The Morgan fingerprint density at radius 2 is 1.19 bits per heavy atom. The molecule has 0 atom stereocenters. The van der Waals surface area contributed by atoms with Crippen LogP contribution in [-0.2, 0) is 26.0 Å². The molecule has 4 aromatic rings. The van der Waals surface area contributed by atoms with Crippen molar-refractivity contribution >= 4 is 16.9 Å². The molecule has 0 radical (unpaired) electrons. The monoisotopic (exact) mass is 497 g/mol. The van der Waals surface area contributed by atoms with E-state index >= 15 is 0 Å². The SMILES string of the molecule is Cc1cc([S+](c2ccccc2)c2ccccc2)cc(C)c1OCCC(=O)OC(C)(C)c1ccccc1. The van der Waals surface area contributed by atoms with Crippen LogP contribution in [0.2, 0.25) is 0 Å². The molecule has 0 aliphatic carbocycles. The van der Waals surface area contributed by atoms with Crippen molar-refractivity contribution in [2.75, 3.05) is 6.61 Å². The van der Waals surface area contributed by atoms with Gasteiger partial charge in [0.1, 0.15) is 11.4 Å². The third-order valence-electron chi connectivity index (χ3n) is 6.02. The lowest BCUT2D eigenvalue weighted by Gasteiger charge is -2.25. The topological polar surface area (TPSA) is 35.5 Å². The number of benzene rings is 4. The molecule has 0 heterocycles. The Morgan fingerprint density at radius 3 is 1.69 bits per heavy atom. The summed E-state index contributed by atoms with van der Waals surface area (Å²) in [5.74, 6) is 0.559. The highest BCUT2D eigenvalue weighted by molar-refractivity contribution is 7.97. The second-order valence-electron chi connectivity index (χ2n) is 9.27.